The number of ether oxygens (including phenoxy) is 2. The zero-order chi connectivity index (χ0) is 27.1. The SMILES string of the molecule is CCCCCCCCCCCCCCCCCCOC(COP(=O)([O-])OCC[N+](C)(C)C)OC(C)=O. The van der Waals surface area contributed by atoms with Crippen LogP contribution < -0.4 is 4.89 Å². The maximum Gasteiger partial charge on any atom is 0.305 e. The van der Waals surface area contributed by atoms with Gasteiger partial charge in [-0.1, -0.05) is 103 Å². The summed E-state index contributed by atoms with van der Waals surface area (Å²) in [5.74, 6) is -0.553. The van der Waals surface area contributed by atoms with Crippen LogP contribution in [0.25, 0.3) is 0 Å². The average molecular weight is 538 g/mol. The van der Waals surface area contributed by atoms with Crippen LogP contribution in [-0.4, -0.2) is 64.3 Å². The Hall–Kier alpha value is -0.500. The molecule has 216 valence electrons. The van der Waals surface area contributed by atoms with Gasteiger partial charge in [0.2, 0.25) is 6.29 Å². The molecule has 0 aromatic heterocycles. The zero-order valence-electron chi connectivity index (χ0n) is 24.0. The Morgan fingerprint density at radius 3 is 1.61 bits per heavy atom. The molecule has 0 saturated heterocycles. The van der Waals surface area contributed by atoms with Gasteiger partial charge >= 0.3 is 5.97 Å². The number of likely N-dealkylation sites (N-methyl/N-ethyl adjacent to an activating group) is 1. The predicted octanol–water partition coefficient (Wildman–Crippen LogP) is 6.36. The molecule has 36 heavy (non-hydrogen) atoms. The van der Waals surface area contributed by atoms with Crippen molar-refractivity contribution in [2.75, 3.05) is 47.5 Å². The van der Waals surface area contributed by atoms with E-state index in [9.17, 15) is 14.3 Å². The zero-order valence-corrected chi connectivity index (χ0v) is 24.9. The summed E-state index contributed by atoms with van der Waals surface area (Å²) in [5, 5.41) is 0. The molecule has 0 aromatic rings. The Morgan fingerprint density at radius 2 is 1.19 bits per heavy atom. The molecule has 0 N–H and O–H groups in total. The fourth-order valence-corrected chi connectivity index (χ4v) is 4.47. The molecule has 0 fully saturated rings. The number of hydrogen-bond acceptors (Lipinski definition) is 7. The number of hydrogen-bond donors (Lipinski definition) is 0. The predicted molar refractivity (Wildman–Crippen MR) is 143 cm³/mol. The lowest BCUT2D eigenvalue weighted by Gasteiger charge is -2.28. The minimum atomic E-state index is -4.48. The van der Waals surface area contributed by atoms with Crippen LogP contribution in [0, 0.1) is 0 Å². The number of phosphoric ester groups is 1. The van der Waals surface area contributed by atoms with Gasteiger partial charge in [-0.2, -0.15) is 0 Å². The molecule has 2 unspecified atom stereocenters. The summed E-state index contributed by atoms with van der Waals surface area (Å²) in [6.07, 6.45) is 19.5. The molecule has 0 aliphatic rings. The van der Waals surface area contributed by atoms with Crippen molar-refractivity contribution < 1.29 is 37.3 Å². The molecule has 0 amide bonds. The number of phosphoric acid groups is 1. The molecular formula is C27H56NO7P. The minimum absolute atomic E-state index is 0.0164. The second-order valence-electron chi connectivity index (χ2n) is 10.8. The number of carbonyl (C=O) groups excluding carboxylic acids is 1. The summed E-state index contributed by atoms with van der Waals surface area (Å²) in [5.41, 5.74) is 0. The Labute approximate surface area is 221 Å². The van der Waals surface area contributed by atoms with Crippen molar-refractivity contribution in [3.8, 4) is 0 Å². The van der Waals surface area contributed by atoms with Gasteiger partial charge in [0.05, 0.1) is 27.7 Å². The number of unbranched alkanes of at least 4 members (excludes halogenated alkanes) is 15. The first kappa shape index (κ1) is 35.5. The van der Waals surface area contributed by atoms with E-state index in [0.29, 0.717) is 17.6 Å². The second kappa shape index (κ2) is 22.5. The largest absolute Gasteiger partial charge is 0.756 e. The number of carbonyl (C=O) groups is 1. The fraction of sp³-hybridized carbons (Fsp3) is 0.963. The maximum absolute atomic E-state index is 11.9. The molecule has 0 aliphatic heterocycles. The third-order valence-electron chi connectivity index (χ3n) is 5.98. The van der Waals surface area contributed by atoms with Crippen LogP contribution in [0.1, 0.15) is 117 Å². The first-order valence-electron chi connectivity index (χ1n) is 14.2. The highest BCUT2D eigenvalue weighted by atomic mass is 31.2. The van der Waals surface area contributed by atoms with Gasteiger partial charge in [-0.25, -0.2) is 0 Å². The van der Waals surface area contributed by atoms with Crippen molar-refractivity contribution in [2.24, 2.45) is 0 Å². The van der Waals surface area contributed by atoms with Crippen LogP contribution in [0.5, 0.6) is 0 Å². The molecule has 0 spiro atoms. The molecular weight excluding hydrogens is 481 g/mol. The summed E-state index contributed by atoms with van der Waals surface area (Å²) >= 11 is 0. The summed E-state index contributed by atoms with van der Waals surface area (Å²) in [6.45, 7) is 4.01. The quantitative estimate of drug-likeness (QED) is 0.0416. The van der Waals surface area contributed by atoms with Crippen LogP contribution in [0.15, 0.2) is 0 Å². The average Bonchev–Trinajstić information content (AvgIpc) is 2.78. The van der Waals surface area contributed by atoms with Crippen molar-refractivity contribution in [1.82, 2.24) is 0 Å². The molecule has 0 aliphatic carbocycles. The number of nitrogens with zero attached hydrogens (tertiary/aromatic N) is 1. The van der Waals surface area contributed by atoms with Crippen LogP contribution in [0.4, 0.5) is 0 Å². The van der Waals surface area contributed by atoms with Crippen LogP contribution in [0.3, 0.4) is 0 Å². The summed E-state index contributed by atoms with van der Waals surface area (Å²) in [4.78, 5) is 23.2. The monoisotopic (exact) mass is 537 g/mol. The topological polar surface area (TPSA) is 94.1 Å². The summed E-state index contributed by atoms with van der Waals surface area (Å²) < 4.78 is 32.8. The van der Waals surface area contributed by atoms with E-state index >= 15 is 0 Å². The van der Waals surface area contributed by atoms with E-state index in [1.807, 2.05) is 21.1 Å². The smallest absolute Gasteiger partial charge is 0.305 e. The highest BCUT2D eigenvalue weighted by molar-refractivity contribution is 7.45. The fourth-order valence-electron chi connectivity index (χ4n) is 3.78. The third-order valence-corrected chi connectivity index (χ3v) is 6.94. The lowest BCUT2D eigenvalue weighted by Crippen LogP contribution is -2.37. The van der Waals surface area contributed by atoms with E-state index in [0.717, 1.165) is 19.3 Å². The summed E-state index contributed by atoms with van der Waals surface area (Å²) in [6, 6.07) is 0. The summed E-state index contributed by atoms with van der Waals surface area (Å²) in [7, 11) is 1.32. The molecule has 2 atom stereocenters. The lowest BCUT2D eigenvalue weighted by atomic mass is 10.0. The molecule has 8 nitrogen and oxygen atoms in total. The second-order valence-corrected chi connectivity index (χ2v) is 12.2. The lowest BCUT2D eigenvalue weighted by molar-refractivity contribution is -0.870. The van der Waals surface area contributed by atoms with E-state index in [-0.39, 0.29) is 6.61 Å². The van der Waals surface area contributed by atoms with Gasteiger partial charge < -0.3 is 27.9 Å². The molecule has 0 radical (unpaired) electrons. The number of esters is 1. The van der Waals surface area contributed by atoms with Gasteiger partial charge in [0.1, 0.15) is 19.8 Å². The minimum Gasteiger partial charge on any atom is -0.756 e. The first-order chi connectivity index (χ1) is 17.1. The van der Waals surface area contributed by atoms with Crippen molar-refractivity contribution in [1.29, 1.82) is 0 Å². The molecule has 9 heteroatoms. The van der Waals surface area contributed by atoms with Crippen LogP contribution in [0.2, 0.25) is 0 Å². The highest BCUT2D eigenvalue weighted by Gasteiger charge is 2.19. The van der Waals surface area contributed by atoms with Crippen molar-refractivity contribution in [3.05, 3.63) is 0 Å². The van der Waals surface area contributed by atoms with Crippen molar-refractivity contribution in [3.63, 3.8) is 0 Å². The third kappa shape index (κ3) is 26.6. The molecule has 0 aromatic carbocycles. The van der Waals surface area contributed by atoms with Crippen LogP contribution >= 0.6 is 7.82 Å². The van der Waals surface area contributed by atoms with E-state index in [1.165, 1.54) is 90.4 Å². The molecule has 0 rings (SSSR count). The number of quaternary nitrogens is 1. The Morgan fingerprint density at radius 1 is 0.750 bits per heavy atom. The molecule has 0 saturated carbocycles. The van der Waals surface area contributed by atoms with Gasteiger partial charge in [0.15, 0.2) is 0 Å². The van der Waals surface area contributed by atoms with E-state index in [1.54, 1.807) is 0 Å². The van der Waals surface area contributed by atoms with Crippen LogP contribution in [-0.2, 0) is 27.9 Å². The number of rotatable bonds is 26. The Kier molecular flexibility index (Phi) is 22.2. The highest BCUT2D eigenvalue weighted by Crippen LogP contribution is 2.38. The molecule has 0 bridgehead atoms. The van der Waals surface area contributed by atoms with E-state index < -0.39 is 26.7 Å². The first-order valence-corrected chi connectivity index (χ1v) is 15.7. The van der Waals surface area contributed by atoms with Gasteiger partial charge in [0, 0.05) is 6.92 Å². The van der Waals surface area contributed by atoms with Crippen molar-refractivity contribution in [2.45, 2.75) is 123 Å². The van der Waals surface area contributed by atoms with Crippen molar-refractivity contribution >= 4 is 13.8 Å². The Bertz CT molecular complexity index is 569. The maximum atomic E-state index is 11.9. The standard InChI is InChI=1S/C27H56NO7P/c1-6-7-8-9-10-11-12-13-14-15-16-17-18-19-20-21-23-32-27(35-26(2)29)25-34-36(30,31)33-24-22-28(3,4)5/h27H,6-25H2,1-5H3. The van der Waals surface area contributed by atoms with Gasteiger partial charge in [-0.3, -0.25) is 9.36 Å². The molecule has 0 heterocycles. The van der Waals surface area contributed by atoms with E-state index in [4.69, 9.17) is 18.5 Å². The normalized spacial score (nSPS) is 14.5. The van der Waals surface area contributed by atoms with Gasteiger partial charge in [-0.05, 0) is 6.42 Å². The van der Waals surface area contributed by atoms with Gasteiger partial charge in [0.25, 0.3) is 7.82 Å². The van der Waals surface area contributed by atoms with Gasteiger partial charge in [-0.15, -0.1) is 0 Å². The Balaban J connectivity index is 3.74. The van der Waals surface area contributed by atoms with E-state index in [2.05, 4.69) is 6.92 Å².